The summed E-state index contributed by atoms with van der Waals surface area (Å²) in [7, 11) is 0. The number of likely N-dealkylation sites (tertiary alicyclic amines) is 1. The zero-order valence-corrected chi connectivity index (χ0v) is 17.6. The Hall–Kier alpha value is -3.45. The number of carbonyl (C=O) groups excluding carboxylic acids is 1. The number of hydrogen-bond donors (Lipinski definition) is 2. The minimum absolute atomic E-state index is 0.0430. The average molecular weight is 415 g/mol. The second-order valence-electron chi connectivity index (χ2n) is 8.26. The second kappa shape index (κ2) is 8.35. The van der Waals surface area contributed by atoms with Crippen LogP contribution in [-0.2, 0) is 17.8 Å². The first-order chi connectivity index (χ1) is 15.2. The molecule has 1 atom stereocenters. The Balaban J connectivity index is 1.32. The summed E-state index contributed by atoms with van der Waals surface area (Å²) in [5.41, 5.74) is 5.69. The van der Waals surface area contributed by atoms with Gasteiger partial charge in [-0.15, -0.1) is 10.2 Å². The summed E-state index contributed by atoms with van der Waals surface area (Å²) in [4.78, 5) is 17.2. The van der Waals surface area contributed by atoms with E-state index in [4.69, 9.17) is 0 Å². The lowest BCUT2D eigenvalue weighted by Gasteiger charge is -2.24. The lowest BCUT2D eigenvalue weighted by atomic mass is 10.0. The largest absolute Gasteiger partial charge is 0.361 e. The van der Waals surface area contributed by atoms with Crippen LogP contribution in [0.3, 0.4) is 0 Å². The molecule has 0 bridgehead atoms. The molecule has 7 heteroatoms. The first kappa shape index (κ1) is 19.5. The van der Waals surface area contributed by atoms with E-state index in [1.807, 2.05) is 16.7 Å². The number of carbonyl (C=O) groups is 1. The third kappa shape index (κ3) is 4.22. The molecule has 1 unspecified atom stereocenters. The molecule has 4 aromatic rings. The molecule has 1 fully saturated rings. The van der Waals surface area contributed by atoms with Crippen molar-refractivity contribution in [2.45, 2.75) is 38.8 Å². The van der Waals surface area contributed by atoms with Gasteiger partial charge in [0.2, 0.25) is 5.91 Å². The van der Waals surface area contributed by atoms with Gasteiger partial charge in [-0.25, -0.2) is 0 Å². The van der Waals surface area contributed by atoms with E-state index in [1.54, 1.807) is 12.7 Å². The van der Waals surface area contributed by atoms with Gasteiger partial charge in [-0.1, -0.05) is 12.1 Å². The number of hydrogen-bond acceptors (Lipinski definition) is 4. The molecule has 5 rings (SSSR count). The van der Waals surface area contributed by atoms with Crippen LogP contribution >= 0.6 is 0 Å². The SMILES string of the molecule is CC(=O)Nc1ccc(CN2CCCC2Cc2c[nH]c3ccc(-n4cnnc4)cc23)cc1. The summed E-state index contributed by atoms with van der Waals surface area (Å²) >= 11 is 0. The van der Waals surface area contributed by atoms with Crippen LogP contribution < -0.4 is 5.32 Å². The molecule has 0 spiro atoms. The Labute approximate surface area is 181 Å². The van der Waals surface area contributed by atoms with Crippen LogP contribution in [0.15, 0.2) is 61.3 Å². The molecule has 2 aromatic carbocycles. The Bertz CT molecular complexity index is 1180. The van der Waals surface area contributed by atoms with Gasteiger partial charge in [-0.05, 0) is 67.3 Å². The molecule has 1 aliphatic rings. The van der Waals surface area contributed by atoms with Gasteiger partial charge in [0.15, 0.2) is 0 Å². The molecule has 158 valence electrons. The fourth-order valence-corrected chi connectivity index (χ4v) is 4.55. The molecule has 1 saturated heterocycles. The average Bonchev–Trinajstić information content (AvgIpc) is 3.52. The van der Waals surface area contributed by atoms with Crippen molar-refractivity contribution >= 4 is 22.5 Å². The molecule has 7 nitrogen and oxygen atoms in total. The first-order valence-corrected chi connectivity index (χ1v) is 10.7. The van der Waals surface area contributed by atoms with E-state index in [0.717, 1.165) is 36.4 Å². The number of amides is 1. The van der Waals surface area contributed by atoms with E-state index in [2.05, 4.69) is 61.9 Å². The number of anilines is 1. The van der Waals surface area contributed by atoms with Crippen LogP contribution in [-0.4, -0.2) is 43.1 Å². The highest BCUT2D eigenvalue weighted by atomic mass is 16.1. The van der Waals surface area contributed by atoms with E-state index >= 15 is 0 Å². The number of benzene rings is 2. The zero-order chi connectivity index (χ0) is 21.2. The summed E-state index contributed by atoms with van der Waals surface area (Å²) in [5.74, 6) is -0.0430. The fraction of sp³-hybridized carbons (Fsp3) is 0.292. The molecular formula is C24H26N6O. The molecule has 2 aromatic heterocycles. The van der Waals surface area contributed by atoms with Crippen LogP contribution in [0.4, 0.5) is 5.69 Å². The molecule has 0 aliphatic carbocycles. The summed E-state index contributed by atoms with van der Waals surface area (Å²) in [6, 6.07) is 15.1. The number of aromatic nitrogens is 4. The second-order valence-corrected chi connectivity index (χ2v) is 8.26. The molecule has 3 heterocycles. The van der Waals surface area contributed by atoms with Crippen molar-refractivity contribution in [2.75, 3.05) is 11.9 Å². The summed E-state index contributed by atoms with van der Waals surface area (Å²) in [5, 5.41) is 11.9. The number of nitrogens with one attached hydrogen (secondary N) is 2. The van der Waals surface area contributed by atoms with Gasteiger partial charge < -0.3 is 10.3 Å². The predicted molar refractivity (Wildman–Crippen MR) is 121 cm³/mol. The smallest absolute Gasteiger partial charge is 0.221 e. The Morgan fingerprint density at radius 1 is 1.16 bits per heavy atom. The highest BCUT2D eigenvalue weighted by Crippen LogP contribution is 2.28. The lowest BCUT2D eigenvalue weighted by Crippen LogP contribution is -2.30. The number of nitrogens with zero attached hydrogens (tertiary/aromatic N) is 4. The molecule has 1 amide bonds. The van der Waals surface area contributed by atoms with Gasteiger partial charge in [-0.3, -0.25) is 14.3 Å². The van der Waals surface area contributed by atoms with Crippen molar-refractivity contribution in [3.63, 3.8) is 0 Å². The molecule has 31 heavy (non-hydrogen) atoms. The quantitative estimate of drug-likeness (QED) is 0.501. The molecule has 0 saturated carbocycles. The first-order valence-electron chi connectivity index (χ1n) is 10.7. The van der Waals surface area contributed by atoms with E-state index in [0.29, 0.717) is 6.04 Å². The van der Waals surface area contributed by atoms with Gasteiger partial charge in [0, 0.05) is 48.0 Å². The highest BCUT2D eigenvalue weighted by molar-refractivity contribution is 5.88. The fourth-order valence-electron chi connectivity index (χ4n) is 4.55. The normalized spacial score (nSPS) is 16.7. The maximum Gasteiger partial charge on any atom is 0.221 e. The van der Waals surface area contributed by atoms with Crippen molar-refractivity contribution < 1.29 is 4.79 Å². The zero-order valence-electron chi connectivity index (χ0n) is 17.6. The van der Waals surface area contributed by atoms with Crippen molar-refractivity contribution in [1.29, 1.82) is 0 Å². The van der Waals surface area contributed by atoms with E-state index in [9.17, 15) is 4.79 Å². The molecule has 2 N–H and O–H groups in total. The van der Waals surface area contributed by atoms with Gasteiger partial charge in [-0.2, -0.15) is 0 Å². The van der Waals surface area contributed by atoms with Gasteiger partial charge in [0.1, 0.15) is 12.7 Å². The summed E-state index contributed by atoms with van der Waals surface area (Å²) < 4.78 is 1.93. The van der Waals surface area contributed by atoms with E-state index in [-0.39, 0.29) is 5.91 Å². The van der Waals surface area contributed by atoms with Crippen LogP contribution in [0.2, 0.25) is 0 Å². The van der Waals surface area contributed by atoms with Crippen LogP contribution in [0.25, 0.3) is 16.6 Å². The number of H-pyrrole nitrogens is 1. The number of fused-ring (bicyclic) bond motifs is 1. The van der Waals surface area contributed by atoms with E-state index < -0.39 is 0 Å². The molecular weight excluding hydrogens is 388 g/mol. The summed E-state index contributed by atoms with van der Waals surface area (Å²) in [6.07, 6.45) is 9.06. The third-order valence-corrected chi connectivity index (χ3v) is 6.08. The maximum atomic E-state index is 11.2. The minimum Gasteiger partial charge on any atom is -0.361 e. The topological polar surface area (TPSA) is 78.8 Å². The molecule has 1 aliphatic heterocycles. The highest BCUT2D eigenvalue weighted by Gasteiger charge is 2.25. The Morgan fingerprint density at radius 2 is 1.97 bits per heavy atom. The number of aromatic amines is 1. The van der Waals surface area contributed by atoms with Crippen molar-refractivity contribution in [3.05, 3.63) is 72.4 Å². The minimum atomic E-state index is -0.0430. The van der Waals surface area contributed by atoms with Crippen LogP contribution in [0.1, 0.15) is 30.9 Å². The van der Waals surface area contributed by atoms with Gasteiger partial charge >= 0.3 is 0 Å². The van der Waals surface area contributed by atoms with Crippen molar-refractivity contribution in [1.82, 2.24) is 24.6 Å². The standard InChI is InChI=1S/C24H26N6O/c1-17(31)28-20-6-4-18(5-7-20)14-29-10-2-3-21(29)11-19-13-25-24-9-8-22(12-23(19)24)30-15-26-27-16-30/h4-9,12-13,15-16,21,25H,2-3,10-11,14H2,1H3,(H,28,31). The van der Waals surface area contributed by atoms with Crippen molar-refractivity contribution in [2.24, 2.45) is 0 Å². The van der Waals surface area contributed by atoms with Crippen LogP contribution in [0.5, 0.6) is 0 Å². The Kier molecular flexibility index (Phi) is 5.26. The molecule has 0 radical (unpaired) electrons. The third-order valence-electron chi connectivity index (χ3n) is 6.08. The van der Waals surface area contributed by atoms with Crippen molar-refractivity contribution in [3.8, 4) is 5.69 Å². The Morgan fingerprint density at radius 3 is 2.74 bits per heavy atom. The maximum absolute atomic E-state index is 11.2. The number of rotatable bonds is 6. The lowest BCUT2D eigenvalue weighted by molar-refractivity contribution is -0.114. The summed E-state index contributed by atoms with van der Waals surface area (Å²) in [6.45, 7) is 3.58. The van der Waals surface area contributed by atoms with E-state index in [1.165, 1.54) is 36.3 Å². The predicted octanol–water partition coefficient (Wildman–Crippen LogP) is 3.91. The monoisotopic (exact) mass is 414 g/mol. The van der Waals surface area contributed by atoms with Gasteiger partial charge in [0.05, 0.1) is 0 Å². The van der Waals surface area contributed by atoms with Crippen LogP contribution in [0, 0.1) is 0 Å². The van der Waals surface area contributed by atoms with Gasteiger partial charge in [0.25, 0.3) is 0 Å².